The van der Waals surface area contributed by atoms with Crippen molar-refractivity contribution in [2.24, 2.45) is 0 Å². The molecule has 0 aliphatic carbocycles. The fraction of sp³-hybridized carbons (Fsp3) is 0.476. The lowest BCUT2D eigenvalue weighted by molar-refractivity contribution is -0.0618. The molecule has 4 atom stereocenters. The predicted molar refractivity (Wildman–Crippen MR) is 118 cm³/mol. The Hall–Kier alpha value is -2.24. The Kier molecular flexibility index (Phi) is 7.50. The molecule has 0 saturated carbocycles. The van der Waals surface area contributed by atoms with E-state index in [9.17, 15) is 14.8 Å². The molecule has 4 rings (SSSR count). The van der Waals surface area contributed by atoms with Gasteiger partial charge in [-0.1, -0.05) is 30.3 Å². The Bertz CT molecular complexity index is 1100. The van der Waals surface area contributed by atoms with Gasteiger partial charge in [-0.2, -0.15) is 0 Å². The molecule has 33 heavy (non-hydrogen) atoms. The van der Waals surface area contributed by atoms with Crippen LogP contribution in [0.2, 0.25) is 0 Å². The zero-order chi connectivity index (χ0) is 23.4. The molecule has 178 valence electrons. The minimum absolute atomic E-state index is 0.115. The maximum absolute atomic E-state index is 12.5. The zero-order valence-corrected chi connectivity index (χ0v) is 19.2. The van der Waals surface area contributed by atoms with E-state index in [1.54, 1.807) is 18.4 Å². The van der Waals surface area contributed by atoms with Gasteiger partial charge in [-0.3, -0.25) is 9.13 Å². The van der Waals surface area contributed by atoms with Crippen LogP contribution in [-0.2, 0) is 23.1 Å². The monoisotopic (exact) mass is 478 g/mol. The Morgan fingerprint density at radius 1 is 1.06 bits per heavy atom. The van der Waals surface area contributed by atoms with Crippen LogP contribution < -0.4 is 0 Å². The second-order valence-electron chi connectivity index (χ2n) is 7.40. The van der Waals surface area contributed by atoms with Crippen LogP contribution in [0, 0.1) is 0 Å². The normalized spacial score (nSPS) is 23.4. The molecule has 3 heterocycles. The Morgan fingerprint density at radius 2 is 1.79 bits per heavy atom. The number of nitrogens with zero attached hydrogens (tertiary/aromatic N) is 4. The van der Waals surface area contributed by atoms with Crippen molar-refractivity contribution >= 4 is 18.8 Å². The van der Waals surface area contributed by atoms with Crippen LogP contribution in [0.3, 0.4) is 0 Å². The average Bonchev–Trinajstić information content (AvgIpc) is 3.36. The third-order valence-corrected chi connectivity index (χ3v) is 7.00. The van der Waals surface area contributed by atoms with Gasteiger partial charge in [-0.05, 0) is 13.8 Å². The average molecular weight is 478 g/mol. The number of aromatic nitrogens is 4. The largest absolute Gasteiger partial charge is 0.387 e. The molecule has 2 N–H and O–H groups in total. The molecule has 12 heteroatoms. The lowest BCUT2D eigenvalue weighted by atomic mass is 10.1. The van der Waals surface area contributed by atoms with Crippen LogP contribution in [0.5, 0.6) is 0 Å². The molecular formula is C21H27N4O7P. The highest BCUT2D eigenvalue weighted by Gasteiger charge is 2.44. The summed E-state index contributed by atoms with van der Waals surface area (Å²) >= 11 is 0. The minimum Gasteiger partial charge on any atom is -0.387 e. The molecular weight excluding hydrogens is 451 g/mol. The SMILES string of the molecule is CCOP(=O)(COC[C@H]1O[C@@H](n2cnc3c(-c4ccccc4)ncnc32)[C@H](O)[C@@H]1O)OCC. The summed E-state index contributed by atoms with van der Waals surface area (Å²) in [6.45, 7) is 3.72. The molecule has 1 saturated heterocycles. The molecule has 0 amide bonds. The highest BCUT2D eigenvalue weighted by Crippen LogP contribution is 2.48. The molecule has 3 aromatic rings. The van der Waals surface area contributed by atoms with Gasteiger partial charge in [0, 0.05) is 5.56 Å². The summed E-state index contributed by atoms with van der Waals surface area (Å²) in [7, 11) is -3.40. The van der Waals surface area contributed by atoms with Gasteiger partial charge in [0.25, 0.3) is 0 Å². The first kappa shape index (κ1) is 23.9. The summed E-state index contributed by atoms with van der Waals surface area (Å²) in [4.78, 5) is 13.1. The molecule has 11 nitrogen and oxygen atoms in total. The molecule has 1 aromatic carbocycles. The summed E-state index contributed by atoms with van der Waals surface area (Å²) in [6.07, 6.45) is -1.67. The molecule has 2 aromatic heterocycles. The highest BCUT2D eigenvalue weighted by molar-refractivity contribution is 7.53. The van der Waals surface area contributed by atoms with Crippen molar-refractivity contribution in [3.05, 3.63) is 43.0 Å². The first-order valence-corrected chi connectivity index (χ1v) is 12.4. The van der Waals surface area contributed by atoms with Gasteiger partial charge in [0.2, 0.25) is 0 Å². The summed E-state index contributed by atoms with van der Waals surface area (Å²) in [5.74, 6) is 0. The topological polar surface area (TPSA) is 138 Å². The van der Waals surface area contributed by atoms with E-state index in [-0.39, 0.29) is 26.2 Å². The number of hydrogen-bond donors (Lipinski definition) is 2. The number of ether oxygens (including phenoxy) is 2. The van der Waals surface area contributed by atoms with E-state index < -0.39 is 32.1 Å². The van der Waals surface area contributed by atoms with Gasteiger partial charge in [0.1, 0.15) is 42.2 Å². The van der Waals surface area contributed by atoms with E-state index >= 15 is 0 Å². The van der Waals surface area contributed by atoms with E-state index in [0.29, 0.717) is 16.9 Å². The van der Waals surface area contributed by atoms with Crippen molar-refractivity contribution in [3.8, 4) is 11.3 Å². The van der Waals surface area contributed by atoms with E-state index in [4.69, 9.17) is 18.5 Å². The lowest BCUT2D eigenvalue weighted by Crippen LogP contribution is -2.34. The van der Waals surface area contributed by atoms with Crippen molar-refractivity contribution in [3.63, 3.8) is 0 Å². The molecule has 0 unspecified atom stereocenters. The number of benzene rings is 1. The fourth-order valence-electron chi connectivity index (χ4n) is 3.73. The van der Waals surface area contributed by atoms with Crippen LogP contribution in [0.25, 0.3) is 22.4 Å². The second-order valence-corrected chi connectivity index (χ2v) is 9.40. The zero-order valence-electron chi connectivity index (χ0n) is 18.4. The molecule has 1 aliphatic heterocycles. The minimum atomic E-state index is -3.40. The first-order valence-electron chi connectivity index (χ1n) is 10.7. The molecule has 0 radical (unpaired) electrons. The summed E-state index contributed by atoms with van der Waals surface area (Å²) in [6, 6.07) is 9.56. The quantitative estimate of drug-likeness (QED) is 0.418. The Labute approximate surface area is 190 Å². The van der Waals surface area contributed by atoms with Gasteiger partial charge >= 0.3 is 7.60 Å². The van der Waals surface area contributed by atoms with Crippen molar-refractivity contribution in [2.45, 2.75) is 38.4 Å². The highest BCUT2D eigenvalue weighted by atomic mass is 31.2. The number of aliphatic hydroxyl groups excluding tert-OH is 2. The number of rotatable bonds is 10. The van der Waals surface area contributed by atoms with E-state index in [1.807, 2.05) is 30.3 Å². The molecule has 0 bridgehead atoms. The summed E-state index contributed by atoms with van der Waals surface area (Å²) in [5.41, 5.74) is 2.53. The first-order chi connectivity index (χ1) is 16.0. The number of imidazole rings is 1. The predicted octanol–water partition coefficient (Wildman–Crippen LogP) is 2.35. The van der Waals surface area contributed by atoms with Gasteiger partial charge in [-0.15, -0.1) is 0 Å². The molecule has 1 aliphatic rings. The van der Waals surface area contributed by atoms with Gasteiger partial charge in [-0.25, -0.2) is 15.0 Å². The Morgan fingerprint density at radius 3 is 2.48 bits per heavy atom. The van der Waals surface area contributed by atoms with Gasteiger partial charge in [0.05, 0.1) is 26.1 Å². The molecule has 1 fully saturated rings. The van der Waals surface area contributed by atoms with Crippen molar-refractivity contribution in [1.82, 2.24) is 19.5 Å². The number of aliphatic hydroxyl groups is 2. The van der Waals surface area contributed by atoms with E-state index in [2.05, 4.69) is 15.0 Å². The van der Waals surface area contributed by atoms with E-state index in [1.165, 1.54) is 12.7 Å². The standard InChI is InChI=1S/C21H27N4O7P/c1-3-30-33(28,31-4-2)13-29-10-15-18(26)19(27)21(32-15)25-12-24-17-16(22-11-23-20(17)25)14-8-6-5-7-9-14/h5-9,11-12,15,18-19,21,26-27H,3-4,10,13H2,1-2H3/t15-,18-,19-,21-/m1/s1. The van der Waals surface area contributed by atoms with Gasteiger partial charge < -0.3 is 28.7 Å². The number of fused-ring (bicyclic) bond motifs is 1. The second kappa shape index (κ2) is 10.4. The van der Waals surface area contributed by atoms with Crippen molar-refractivity contribution in [1.29, 1.82) is 0 Å². The van der Waals surface area contributed by atoms with Crippen LogP contribution >= 0.6 is 7.60 Å². The maximum atomic E-state index is 12.5. The van der Waals surface area contributed by atoms with Gasteiger partial charge in [0.15, 0.2) is 11.9 Å². The van der Waals surface area contributed by atoms with Crippen LogP contribution in [0.15, 0.2) is 43.0 Å². The van der Waals surface area contributed by atoms with E-state index in [0.717, 1.165) is 5.56 Å². The van der Waals surface area contributed by atoms with Crippen LogP contribution in [-0.4, -0.2) is 74.2 Å². The fourth-order valence-corrected chi connectivity index (χ4v) is 5.07. The van der Waals surface area contributed by atoms with Crippen LogP contribution in [0.4, 0.5) is 0 Å². The smallest absolute Gasteiger partial charge is 0.356 e. The third kappa shape index (κ3) is 4.99. The Balaban J connectivity index is 1.50. The molecule has 0 spiro atoms. The lowest BCUT2D eigenvalue weighted by Gasteiger charge is -2.19. The maximum Gasteiger partial charge on any atom is 0.356 e. The number of hydrogen-bond acceptors (Lipinski definition) is 10. The van der Waals surface area contributed by atoms with Crippen molar-refractivity contribution in [2.75, 3.05) is 26.2 Å². The summed E-state index contributed by atoms with van der Waals surface area (Å²) in [5, 5.41) is 21.2. The summed E-state index contributed by atoms with van der Waals surface area (Å²) < 4.78 is 35.8. The van der Waals surface area contributed by atoms with Crippen molar-refractivity contribution < 1.29 is 33.3 Å². The third-order valence-electron chi connectivity index (χ3n) is 5.20. The van der Waals surface area contributed by atoms with Crippen LogP contribution in [0.1, 0.15) is 20.1 Å².